The molecule has 2 heterocycles. The zero-order chi connectivity index (χ0) is 15.9. The Balaban J connectivity index is 1.98. The smallest absolute Gasteiger partial charge is 0.235 e. The normalized spacial score (nSPS) is 19.0. The van der Waals surface area contributed by atoms with Crippen molar-refractivity contribution < 1.29 is 4.79 Å². The number of carbonyl (C=O) groups is 1. The predicted octanol–water partition coefficient (Wildman–Crippen LogP) is 3.38. The van der Waals surface area contributed by atoms with E-state index in [4.69, 9.17) is 0 Å². The fraction of sp³-hybridized carbons (Fsp3) is 0.562. The van der Waals surface area contributed by atoms with E-state index in [0.717, 1.165) is 28.6 Å². The SMILES string of the molecule is C[C@H]1CCc2c(sc3ncnc(S[C@H](C)C(=O)N(C)C)c23)C1. The Labute approximate surface area is 139 Å². The Bertz CT molecular complexity index is 711. The molecular formula is C16H21N3OS2. The second-order valence-electron chi connectivity index (χ2n) is 6.20. The van der Waals surface area contributed by atoms with Crippen LogP contribution in [0.15, 0.2) is 11.4 Å². The molecule has 4 nitrogen and oxygen atoms in total. The minimum absolute atomic E-state index is 0.120. The van der Waals surface area contributed by atoms with Gasteiger partial charge < -0.3 is 4.90 Å². The standard InChI is InChI=1S/C16H21N3OS2/c1-9-5-6-11-12(7-9)22-15-13(11)14(17-8-18-15)21-10(2)16(20)19(3)4/h8-10H,5-7H2,1-4H3/t9-,10+/m0/s1. The number of amides is 1. The molecular weight excluding hydrogens is 314 g/mol. The molecule has 0 bridgehead atoms. The Hall–Kier alpha value is -1.14. The van der Waals surface area contributed by atoms with Crippen LogP contribution in [0.3, 0.4) is 0 Å². The molecule has 0 unspecified atom stereocenters. The summed E-state index contributed by atoms with van der Waals surface area (Å²) in [6.45, 7) is 4.26. The van der Waals surface area contributed by atoms with E-state index >= 15 is 0 Å². The Morgan fingerprint density at radius 3 is 2.95 bits per heavy atom. The number of rotatable bonds is 3. The molecule has 0 N–H and O–H groups in total. The number of thiophene rings is 1. The molecule has 0 fully saturated rings. The number of hydrogen-bond donors (Lipinski definition) is 0. The summed E-state index contributed by atoms with van der Waals surface area (Å²) in [6, 6.07) is 0. The van der Waals surface area contributed by atoms with Crippen molar-refractivity contribution in [3.8, 4) is 0 Å². The molecule has 1 aliphatic rings. The molecule has 6 heteroatoms. The van der Waals surface area contributed by atoms with Gasteiger partial charge in [-0.2, -0.15) is 0 Å². The highest BCUT2D eigenvalue weighted by Gasteiger charge is 2.25. The van der Waals surface area contributed by atoms with Gasteiger partial charge in [0.1, 0.15) is 16.2 Å². The van der Waals surface area contributed by atoms with Crippen LogP contribution in [0.4, 0.5) is 0 Å². The number of nitrogens with zero attached hydrogens (tertiary/aromatic N) is 3. The van der Waals surface area contributed by atoms with Crippen LogP contribution in [0.1, 0.15) is 30.7 Å². The molecule has 2 aromatic heterocycles. The lowest BCUT2D eigenvalue weighted by atomic mass is 9.89. The van der Waals surface area contributed by atoms with Crippen molar-refractivity contribution in [2.24, 2.45) is 5.92 Å². The molecule has 0 saturated heterocycles. The van der Waals surface area contributed by atoms with Crippen molar-refractivity contribution in [3.05, 3.63) is 16.8 Å². The van der Waals surface area contributed by atoms with Crippen molar-refractivity contribution >= 4 is 39.2 Å². The number of fused-ring (bicyclic) bond motifs is 3. The number of hydrogen-bond acceptors (Lipinski definition) is 5. The fourth-order valence-corrected chi connectivity index (χ4v) is 5.42. The summed E-state index contributed by atoms with van der Waals surface area (Å²) in [5, 5.41) is 2.02. The van der Waals surface area contributed by atoms with Gasteiger partial charge in [-0.25, -0.2) is 9.97 Å². The summed E-state index contributed by atoms with van der Waals surface area (Å²) < 4.78 is 0. The third kappa shape index (κ3) is 2.86. The highest BCUT2D eigenvalue weighted by Crippen LogP contribution is 2.41. The van der Waals surface area contributed by atoms with Crippen LogP contribution in [-0.2, 0) is 17.6 Å². The first kappa shape index (κ1) is 15.7. The van der Waals surface area contributed by atoms with Gasteiger partial charge in [0.25, 0.3) is 0 Å². The molecule has 0 saturated carbocycles. The summed E-state index contributed by atoms with van der Waals surface area (Å²) in [5.41, 5.74) is 1.42. The molecule has 3 rings (SSSR count). The Kier molecular flexibility index (Phi) is 4.41. The van der Waals surface area contributed by atoms with Crippen molar-refractivity contribution in [2.75, 3.05) is 14.1 Å². The number of aromatic nitrogens is 2. The van der Waals surface area contributed by atoms with Crippen molar-refractivity contribution in [1.82, 2.24) is 14.9 Å². The molecule has 0 aromatic carbocycles. The lowest BCUT2D eigenvalue weighted by Crippen LogP contribution is -2.29. The van der Waals surface area contributed by atoms with Gasteiger partial charge in [0, 0.05) is 24.4 Å². The van der Waals surface area contributed by atoms with Crippen LogP contribution in [0.5, 0.6) is 0 Å². The van der Waals surface area contributed by atoms with Gasteiger partial charge in [-0.05, 0) is 37.7 Å². The van der Waals surface area contributed by atoms with E-state index in [1.807, 2.05) is 6.92 Å². The molecule has 22 heavy (non-hydrogen) atoms. The van der Waals surface area contributed by atoms with E-state index in [1.54, 1.807) is 48.4 Å². The van der Waals surface area contributed by atoms with E-state index in [9.17, 15) is 4.79 Å². The lowest BCUT2D eigenvalue weighted by molar-refractivity contribution is -0.127. The second kappa shape index (κ2) is 6.16. The summed E-state index contributed by atoms with van der Waals surface area (Å²) >= 11 is 3.35. The van der Waals surface area contributed by atoms with E-state index < -0.39 is 0 Å². The van der Waals surface area contributed by atoms with E-state index in [0.29, 0.717) is 0 Å². The number of thioether (sulfide) groups is 1. The second-order valence-corrected chi connectivity index (χ2v) is 8.62. The van der Waals surface area contributed by atoms with Crippen molar-refractivity contribution in [1.29, 1.82) is 0 Å². The fourth-order valence-electron chi connectivity index (χ4n) is 2.92. The Morgan fingerprint density at radius 1 is 1.45 bits per heavy atom. The third-order valence-electron chi connectivity index (χ3n) is 4.13. The largest absolute Gasteiger partial charge is 0.348 e. The molecule has 0 radical (unpaired) electrons. The maximum absolute atomic E-state index is 12.1. The highest BCUT2D eigenvalue weighted by atomic mass is 32.2. The number of aryl methyl sites for hydroxylation is 1. The quantitative estimate of drug-likeness (QED) is 0.637. The number of carbonyl (C=O) groups excluding carboxylic acids is 1. The first-order valence-electron chi connectivity index (χ1n) is 7.60. The summed E-state index contributed by atoms with van der Waals surface area (Å²) in [6.07, 6.45) is 5.10. The minimum atomic E-state index is -0.133. The first-order valence-corrected chi connectivity index (χ1v) is 9.30. The molecule has 1 amide bonds. The average molecular weight is 335 g/mol. The minimum Gasteiger partial charge on any atom is -0.348 e. The molecule has 2 aromatic rings. The van der Waals surface area contributed by atoms with E-state index in [-0.39, 0.29) is 11.2 Å². The first-order chi connectivity index (χ1) is 10.5. The van der Waals surface area contributed by atoms with Crippen LogP contribution in [-0.4, -0.2) is 40.1 Å². The van der Waals surface area contributed by atoms with Crippen LogP contribution in [0, 0.1) is 5.92 Å². The predicted molar refractivity (Wildman–Crippen MR) is 92.6 cm³/mol. The van der Waals surface area contributed by atoms with Gasteiger partial charge in [0.05, 0.1) is 5.25 Å². The third-order valence-corrected chi connectivity index (χ3v) is 6.38. The summed E-state index contributed by atoms with van der Waals surface area (Å²) in [7, 11) is 3.59. The maximum Gasteiger partial charge on any atom is 0.235 e. The van der Waals surface area contributed by atoms with Gasteiger partial charge in [-0.15, -0.1) is 11.3 Å². The van der Waals surface area contributed by atoms with Crippen LogP contribution in [0.25, 0.3) is 10.2 Å². The summed E-state index contributed by atoms with van der Waals surface area (Å²) in [4.78, 5) is 25.2. The molecule has 2 atom stereocenters. The summed E-state index contributed by atoms with van der Waals surface area (Å²) in [5.74, 6) is 0.869. The van der Waals surface area contributed by atoms with Gasteiger partial charge >= 0.3 is 0 Å². The van der Waals surface area contributed by atoms with Crippen LogP contribution in [0.2, 0.25) is 0 Å². The molecule has 0 spiro atoms. The van der Waals surface area contributed by atoms with E-state index in [2.05, 4.69) is 16.9 Å². The highest BCUT2D eigenvalue weighted by molar-refractivity contribution is 8.00. The zero-order valence-electron chi connectivity index (χ0n) is 13.4. The maximum atomic E-state index is 12.1. The molecule has 1 aliphatic carbocycles. The average Bonchev–Trinajstić information content (AvgIpc) is 2.84. The van der Waals surface area contributed by atoms with Gasteiger partial charge in [0.15, 0.2) is 0 Å². The van der Waals surface area contributed by atoms with Gasteiger partial charge in [0.2, 0.25) is 5.91 Å². The topological polar surface area (TPSA) is 46.1 Å². The van der Waals surface area contributed by atoms with Gasteiger partial charge in [-0.3, -0.25) is 4.79 Å². The van der Waals surface area contributed by atoms with Gasteiger partial charge in [-0.1, -0.05) is 18.7 Å². The molecule has 0 aliphatic heterocycles. The monoisotopic (exact) mass is 335 g/mol. The van der Waals surface area contributed by atoms with Crippen LogP contribution >= 0.6 is 23.1 Å². The lowest BCUT2D eigenvalue weighted by Gasteiger charge is -2.19. The van der Waals surface area contributed by atoms with Crippen LogP contribution < -0.4 is 0 Å². The Morgan fingerprint density at radius 2 is 2.23 bits per heavy atom. The zero-order valence-corrected chi connectivity index (χ0v) is 15.1. The van der Waals surface area contributed by atoms with Crippen molar-refractivity contribution in [3.63, 3.8) is 0 Å². The molecule has 118 valence electrons. The van der Waals surface area contributed by atoms with E-state index in [1.165, 1.54) is 22.2 Å². The van der Waals surface area contributed by atoms with Crippen molar-refractivity contribution in [2.45, 2.75) is 43.4 Å².